The zero-order chi connectivity index (χ0) is 22.6. The fraction of sp³-hybridized carbons (Fsp3) is 0.316. The summed E-state index contributed by atoms with van der Waals surface area (Å²) in [4.78, 5) is 26.1. The molecule has 1 aromatic heterocycles. The Bertz CT molecular complexity index is 1030. The SMILES string of the molecule is CCc1cnc(OCCc2cc(F)c(ON3C=CC=NC3C(F)(F)F)c(F)c2)[nH]c1=O. The largest absolute Gasteiger partial charge is 0.464 e. The predicted octanol–water partition coefficient (Wildman–Crippen LogP) is 3.31. The molecule has 31 heavy (non-hydrogen) atoms. The van der Waals surface area contributed by atoms with Gasteiger partial charge in [0.25, 0.3) is 17.7 Å². The van der Waals surface area contributed by atoms with Crippen molar-refractivity contribution in [1.29, 1.82) is 0 Å². The van der Waals surface area contributed by atoms with Crippen molar-refractivity contribution in [2.45, 2.75) is 32.1 Å². The molecule has 0 radical (unpaired) electrons. The van der Waals surface area contributed by atoms with E-state index in [-0.39, 0.29) is 35.2 Å². The summed E-state index contributed by atoms with van der Waals surface area (Å²) in [6.45, 7) is 1.73. The van der Waals surface area contributed by atoms with Gasteiger partial charge in [-0.25, -0.2) is 13.8 Å². The monoisotopic (exact) mass is 444 g/mol. The number of allylic oxidation sites excluding steroid dienone is 1. The number of hydrogen-bond donors (Lipinski definition) is 1. The first-order chi connectivity index (χ1) is 14.7. The third-order valence-corrected chi connectivity index (χ3v) is 4.20. The number of aromatic amines is 1. The number of aliphatic imine (C=N–C) groups is 1. The van der Waals surface area contributed by atoms with E-state index < -0.39 is 29.7 Å². The van der Waals surface area contributed by atoms with E-state index >= 15 is 0 Å². The summed E-state index contributed by atoms with van der Waals surface area (Å²) in [7, 11) is 0. The van der Waals surface area contributed by atoms with Crippen LogP contribution in [0.15, 0.2) is 40.4 Å². The van der Waals surface area contributed by atoms with Gasteiger partial charge in [-0.1, -0.05) is 6.92 Å². The minimum absolute atomic E-state index is 0.0342. The van der Waals surface area contributed by atoms with Crippen LogP contribution in [0.3, 0.4) is 0 Å². The lowest BCUT2D eigenvalue weighted by Gasteiger charge is -2.29. The molecule has 0 saturated heterocycles. The molecule has 12 heteroatoms. The smallest absolute Gasteiger partial charge is 0.432 e. The second-order valence-electron chi connectivity index (χ2n) is 6.39. The van der Waals surface area contributed by atoms with Gasteiger partial charge in [-0.2, -0.15) is 18.2 Å². The maximum Gasteiger partial charge on any atom is 0.432 e. The number of aryl methyl sites for hydroxylation is 1. The molecule has 0 amide bonds. The van der Waals surface area contributed by atoms with Gasteiger partial charge in [-0.05, 0) is 30.2 Å². The number of nitrogens with zero attached hydrogens (tertiary/aromatic N) is 3. The molecule has 3 rings (SSSR count). The summed E-state index contributed by atoms with van der Waals surface area (Å²) in [6, 6.07) is 1.79. The van der Waals surface area contributed by atoms with Crippen molar-refractivity contribution in [3.8, 4) is 11.8 Å². The Morgan fingerprint density at radius 1 is 1.23 bits per heavy atom. The fourth-order valence-corrected chi connectivity index (χ4v) is 2.66. The van der Waals surface area contributed by atoms with Gasteiger partial charge in [-0.15, -0.1) is 0 Å². The van der Waals surface area contributed by atoms with Crippen LogP contribution in [-0.4, -0.2) is 40.2 Å². The van der Waals surface area contributed by atoms with Gasteiger partial charge < -0.3 is 9.57 Å². The Kier molecular flexibility index (Phi) is 6.56. The predicted molar refractivity (Wildman–Crippen MR) is 99.7 cm³/mol. The van der Waals surface area contributed by atoms with Gasteiger partial charge in [0.15, 0.2) is 11.6 Å². The van der Waals surface area contributed by atoms with E-state index in [1.807, 2.05) is 0 Å². The first-order valence-electron chi connectivity index (χ1n) is 9.11. The number of hydroxylamine groups is 2. The molecule has 0 fully saturated rings. The van der Waals surface area contributed by atoms with Crippen molar-refractivity contribution in [3.63, 3.8) is 0 Å². The van der Waals surface area contributed by atoms with Crippen LogP contribution < -0.4 is 15.1 Å². The number of ether oxygens (including phenoxy) is 1. The second kappa shape index (κ2) is 9.14. The Morgan fingerprint density at radius 2 is 1.94 bits per heavy atom. The van der Waals surface area contributed by atoms with Crippen molar-refractivity contribution >= 4 is 6.21 Å². The summed E-state index contributed by atoms with van der Waals surface area (Å²) < 4.78 is 73.0. The van der Waals surface area contributed by atoms with Crippen LogP contribution in [0.5, 0.6) is 11.8 Å². The van der Waals surface area contributed by atoms with Gasteiger partial charge in [-0.3, -0.25) is 14.8 Å². The molecule has 1 atom stereocenters. The maximum absolute atomic E-state index is 14.3. The molecular weight excluding hydrogens is 427 g/mol. The fourth-order valence-electron chi connectivity index (χ4n) is 2.66. The number of halogens is 5. The Labute approximate surface area is 172 Å². The van der Waals surface area contributed by atoms with E-state index in [4.69, 9.17) is 9.57 Å². The highest BCUT2D eigenvalue weighted by Gasteiger charge is 2.45. The number of rotatable bonds is 7. The van der Waals surface area contributed by atoms with Crippen molar-refractivity contribution in [2.75, 3.05) is 6.61 Å². The molecule has 7 nitrogen and oxygen atoms in total. The Hall–Kier alpha value is -3.44. The maximum atomic E-state index is 14.3. The Morgan fingerprint density at radius 3 is 2.55 bits per heavy atom. The van der Waals surface area contributed by atoms with Gasteiger partial charge >= 0.3 is 6.18 Å². The van der Waals surface area contributed by atoms with Crippen LogP contribution in [0.25, 0.3) is 0 Å². The highest BCUT2D eigenvalue weighted by Crippen LogP contribution is 2.31. The summed E-state index contributed by atoms with van der Waals surface area (Å²) in [6.07, 6.45) is -2.43. The quantitative estimate of drug-likeness (QED) is 0.663. The average Bonchev–Trinajstić information content (AvgIpc) is 2.70. The van der Waals surface area contributed by atoms with Crippen LogP contribution in [0.4, 0.5) is 22.0 Å². The van der Waals surface area contributed by atoms with Crippen molar-refractivity contribution in [1.82, 2.24) is 15.0 Å². The molecular formula is C19H17F5N4O3. The highest BCUT2D eigenvalue weighted by atomic mass is 19.4. The molecule has 2 aromatic rings. The standard InChI is InChI=1S/C19H17F5N4O3/c1-2-12-10-26-18(27-16(12)29)30-7-4-11-8-13(20)15(14(21)9-11)31-28-6-3-5-25-17(28)19(22,23)24/h3,5-6,8-10,17H,2,4,7H2,1H3,(H,26,27,29). The van der Waals surface area contributed by atoms with Gasteiger partial charge in [0.1, 0.15) is 0 Å². The summed E-state index contributed by atoms with van der Waals surface area (Å²) in [5, 5.41) is 0.215. The Balaban J connectivity index is 1.66. The number of aromatic nitrogens is 2. The van der Waals surface area contributed by atoms with Crippen LogP contribution in [0.2, 0.25) is 0 Å². The van der Waals surface area contributed by atoms with Gasteiger partial charge in [0.2, 0.25) is 5.75 Å². The summed E-state index contributed by atoms with van der Waals surface area (Å²) in [5.41, 5.74) is 0.294. The number of H-pyrrole nitrogens is 1. The van der Waals surface area contributed by atoms with E-state index in [0.717, 1.165) is 30.6 Å². The van der Waals surface area contributed by atoms with Crippen LogP contribution in [0.1, 0.15) is 18.1 Å². The minimum Gasteiger partial charge on any atom is -0.464 e. The van der Waals surface area contributed by atoms with E-state index in [1.165, 1.54) is 6.20 Å². The first-order valence-corrected chi connectivity index (χ1v) is 9.11. The minimum atomic E-state index is -4.81. The molecule has 166 valence electrons. The highest BCUT2D eigenvalue weighted by molar-refractivity contribution is 5.71. The molecule has 2 heterocycles. The number of benzene rings is 1. The summed E-state index contributed by atoms with van der Waals surface area (Å²) >= 11 is 0. The lowest BCUT2D eigenvalue weighted by Crippen LogP contribution is -2.44. The molecule has 1 aliphatic rings. The topological polar surface area (TPSA) is 79.8 Å². The second-order valence-corrected chi connectivity index (χ2v) is 6.39. The molecule has 0 aliphatic carbocycles. The molecule has 0 bridgehead atoms. The molecule has 0 saturated carbocycles. The van der Waals surface area contributed by atoms with E-state index in [9.17, 15) is 26.7 Å². The molecule has 0 spiro atoms. The van der Waals surface area contributed by atoms with Gasteiger partial charge in [0.05, 0.1) is 6.61 Å². The van der Waals surface area contributed by atoms with E-state index in [0.29, 0.717) is 12.0 Å². The molecule has 1 aromatic carbocycles. The van der Waals surface area contributed by atoms with Crippen LogP contribution in [-0.2, 0) is 12.8 Å². The third kappa shape index (κ3) is 5.38. The average molecular weight is 444 g/mol. The van der Waals surface area contributed by atoms with Crippen molar-refractivity contribution in [3.05, 3.63) is 63.7 Å². The van der Waals surface area contributed by atoms with Crippen LogP contribution in [0, 0.1) is 11.6 Å². The van der Waals surface area contributed by atoms with E-state index in [1.54, 1.807) is 6.92 Å². The van der Waals surface area contributed by atoms with Crippen molar-refractivity contribution < 1.29 is 31.5 Å². The van der Waals surface area contributed by atoms with Crippen molar-refractivity contribution in [2.24, 2.45) is 4.99 Å². The molecule has 1 aliphatic heterocycles. The molecule has 1 N–H and O–H groups in total. The number of nitrogens with one attached hydrogen (secondary N) is 1. The third-order valence-electron chi connectivity index (χ3n) is 4.20. The zero-order valence-electron chi connectivity index (χ0n) is 16.1. The summed E-state index contributed by atoms with van der Waals surface area (Å²) in [5.74, 6) is -3.39. The normalized spacial score (nSPS) is 15.9. The van der Waals surface area contributed by atoms with E-state index in [2.05, 4.69) is 15.0 Å². The lowest BCUT2D eigenvalue weighted by atomic mass is 10.1. The molecule has 1 unspecified atom stereocenters. The number of hydrogen-bond acceptors (Lipinski definition) is 6. The lowest BCUT2D eigenvalue weighted by molar-refractivity contribution is -0.221. The van der Waals surface area contributed by atoms with Crippen LogP contribution >= 0.6 is 0 Å². The zero-order valence-corrected chi connectivity index (χ0v) is 16.1. The van der Waals surface area contributed by atoms with Gasteiger partial charge in [0, 0.05) is 30.6 Å². The first kappa shape index (κ1) is 22.2. The number of alkyl halides is 3.